The van der Waals surface area contributed by atoms with Crippen molar-refractivity contribution in [2.45, 2.75) is 32.8 Å². The minimum Gasteiger partial charge on any atom is -0.489 e. The van der Waals surface area contributed by atoms with Crippen molar-refractivity contribution in [1.82, 2.24) is 9.38 Å². The summed E-state index contributed by atoms with van der Waals surface area (Å²) in [6.45, 7) is 4.20. The highest BCUT2D eigenvalue weighted by molar-refractivity contribution is 5.69. The number of pyridine rings is 1. The van der Waals surface area contributed by atoms with Crippen LogP contribution in [0.2, 0.25) is 0 Å². The highest BCUT2D eigenvalue weighted by Crippen LogP contribution is 2.24. The Hall–Kier alpha value is -4.04. The lowest BCUT2D eigenvalue weighted by atomic mass is 9.96. The fraction of sp³-hybridized carbons (Fsp3) is 0.185. The van der Waals surface area contributed by atoms with Crippen LogP contribution in [-0.2, 0) is 11.4 Å². The zero-order chi connectivity index (χ0) is 22.5. The third-order valence-electron chi connectivity index (χ3n) is 5.26. The fourth-order valence-corrected chi connectivity index (χ4v) is 3.54. The molecule has 0 spiro atoms. The number of aromatic nitrogens is 2. The number of aliphatic carboxylic acids is 1. The van der Waals surface area contributed by atoms with Gasteiger partial charge in [-0.3, -0.25) is 4.79 Å². The van der Waals surface area contributed by atoms with Crippen LogP contribution in [0.25, 0.3) is 16.9 Å². The third kappa shape index (κ3) is 4.98. The van der Waals surface area contributed by atoms with E-state index in [2.05, 4.69) is 43.0 Å². The fourth-order valence-electron chi connectivity index (χ4n) is 3.54. The summed E-state index contributed by atoms with van der Waals surface area (Å²) in [4.78, 5) is 15.8. The molecule has 32 heavy (non-hydrogen) atoms. The van der Waals surface area contributed by atoms with Gasteiger partial charge in [0.1, 0.15) is 18.0 Å². The first-order valence-electron chi connectivity index (χ1n) is 10.4. The molecule has 5 nitrogen and oxygen atoms in total. The maximum atomic E-state index is 11.1. The zero-order valence-electron chi connectivity index (χ0n) is 18.1. The van der Waals surface area contributed by atoms with Crippen LogP contribution >= 0.6 is 0 Å². The van der Waals surface area contributed by atoms with Crippen LogP contribution in [0.1, 0.15) is 36.0 Å². The van der Waals surface area contributed by atoms with Gasteiger partial charge in [-0.25, -0.2) is 4.98 Å². The van der Waals surface area contributed by atoms with E-state index >= 15 is 0 Å². The Balaban J connectivity index is 1.45. The van der Waals surface area contributed by atoms with Gasteiger partial charge in [-0.15, -0.1) is 5.92 Å². The second-order valence-electron chi connectivity index (χ2n) is 7.70. The number of nitrogens with zero attached hydrogens (tertiary/aromatic N) is 2. The number of rotatable bonds is 7. The monoisotopic (exact) mass is 424 g/mol. The summed E-state index contributed by atoms with van der Waals surface area (Å²) in [5.74, 6) is 5.30. The van der Waals surface area contributed by atoms with E-state index in [1.165, 1.54) is 5.56 Å². The standard InChI is InChI=1S/C27H24N2O3/c1-3-4-23(16-27(30)31)21-9-11-24(12-10-21)32-18-20-13-14-29-17-25(28-26(29)15-20)22-7-5-19(2)6-8-22/h5-15,17,23H,16,18H2,1-2H3,(H,30,31). The molecule has 0 saturated heterocycles. The van der Waals surface area contributed by atoms with Gasteiger partial charge in [0.2, 0.25) is 0 Å². The Morgan fingerprint density at radius 1 is 1.12 bits per heavy atom. The maximum Gasteiger partial charge on any atom is 0.304 e. The molecule has 0 aliphatic carbocycles. The zero-order valence-corrected chi connectivity index (χ0v) is 18.1. The molecule has 4 aromatic rings. The second-order valence-corrected chi connectivity index (χ2v) is 7.70. The summed E-state index contributed by atoms with van der Waals surface area (Å²) >= 11 is 0. The van der Waals surface area contributed by atoms with E-state index in [-0.39, 0.29) is 12.3 Å². The van der Waals surface area contributed by atoms with E-state index in [0.717, 1.165) is 33.8 Å². The van der Waals surface area contributed by atoms with Gasteiger partial charge in [0.05, 0.1) is 18.0 Å². The summed E-state index contributed by atoms with van der Waals surface area (Å²) in [6.07, 6.45) is 3.99. The highest BCUT2D eigenvalue weighted by atomic mass is 16.5. The van der Waals surface area contributed by atoms with Gasteiger partial charge >= 0.3 is 5.97 Å². The van der Waals surface area contributed by atoms with Crippen molar-refractivity contribution in [2.24, 2.45) is 0 Å². The van der Waals surface area contributed by atoms with Gasteiger partial charge < -0.3 is 14.2 Å². The minimum absolute atomic E-state index is 0.0179. The quantitative estimate of drug-likeness (QED) is 0.400. The van der Waals surface area contributed by atoms with E-state index in [4.69, 9.17) is 14.8 Å². The molecule has 160 valence electrons. The molecule has 0 aliphatic heterocycles. The number of imidazole rings is 1. The highest BCUT2D eigenvalue weighted by Gasteiger charge is 2.13. The molecule has 0 saturated carbocycles. The molecule has 0 radical (unpaired) electrons. The number of hydrogen-bond donors (Lipinski definition) is 1. The molecule has 5 heteroatoms. The van der Waals surface area contributed by atoms with Gasteiger partial charge in [-0.1, -0.05) is 47.9 Å². The van der Waals surface area contributed by atoms with Crippen LogP contribution in [0.15, 0.2) is 73.1 Å². The average Bonchev–Trinajstić information content (AvgIpc) is 3.21. The lowest BCUT2D eigenvalue weighted by molar-refractivity contribution is -0.137. The number of carboxylic acids is 1. The first kappa shape index (κ1) is 21.2. The van der Waals surface area contributed by atoms with Crippen LogP contribution in [0.5, 0.6) is 5.75 Å². The van der Waals surface area contributed by atoms with Crippen molar-refractivity contribution in [2.75, 3.05) is 0 Å². The van der Waals surface area contributed by atoms with Crippen LogP contribution in [0, 0.1) is 18.8 Å². The lowest BCUT2D eigenvalue weighted by Crippen LogP contribution is -2.04. The van der Waals surface area contributed by atoms with Crippen molar-refractivity contribution < 1.29 is 14.6 Å². The summed E-state index contributed by atoms with van der Waals surface area (Å²) < 4.78 is 7.94. The number of benzene rings is 2. The molecule has 0 aliphatic rings. The summed E-state index contributed by atoms with van der Waals surface area (Å²) in [5, 5.41) is 9.09. The number of hydrogen-bond acceptors (Lipinski definition) is 3. The molecule has 1 unspecified atom stereocenters. The number of fused-ring (bicyclic) bond motifs is 1. The third-order valence-corrected chi connectivity index (χ3v) is 5.26. The van der Waals surface area contributed by atoms with Crippen molar-refractivity contribution in [3.8, 4) is 28.8 Å². The summed E-state index contributed by atoms with van der Waals surface area (Å²) in [7, 11) is 0. The Labute approximate surface area is 187 Å². The Bertz CT molecular complexity index is 1290. The molecule has 0 amide bonds. The van der Waals surface area contributed by atoms with Crippen LogP contribution in [-0.4, -0.2) is 20.5 Å². The van der Waals surface area contributed by atoms with E-state index in [9.17, 15) is 4.79 Å². The summed E-state index contributed by atoms with van der Waals surface area (Å²) in [6, 6.07) is 19.8. The van der Waals surface area contributed by atoms with E-state index in [1.807, 2.05) is 53.2 Å². The molecule has 2 aromatic heterocycles. The van der Waals surface area contributed by atoms with Crippen LogP contribution in [0.4, 0.5) is 0 Å². The van der Waals surface area contributed by atoms with Crippen LogP contribution < -0.4 is 4.74 Å². The maximum absolute atomic E-state index is 11.1. The first-order chi connectivity index (χ1) is 15.5. The molecule has 2 aromatic carbocycles. The lowest BCUT2D eigenvalue weighted by Gasteiger charge is -2.11. The van der Waals surface area contributed by atoms with E-state index in [1.54, 1.807) is 6.92 Å². The molecule has 2 heterocycles. The van der Waals surface area contributed by atoms with Crippen molar-refractivity contribution in [3.63, 3.8) is 0 Å². The van der Waals surface area contributed by atoms with E-state index in [0.29, 0.717) is 6.61 Å². The summed E-state index contributed by atoms with van der Waals surface area (Å²) in [5.41, 5.74) is 6.00. The van der Waals surface area contributed by atoms with Crippen LogP contribution in [0.3, 0.4) is 0 Å². The van der Waals surface area contributed by atoms with Gasteiger partial charge in [0, 0.05) is 18.0 Å². The Kier molecular flexibility index (Phi) is 6.23. The van der Waals surface area contributed by atoms with Gasteiger partial charge in [-0.05, 0) is 49.2 Å². The smallest absolute Gasteiger partial charge is 0.304 e. The molecule has 1 N–H and O–H groups in total. The molecular weight excluding hydrogens is 400 g/mol. The van der Waals surface area contributed by atoms with E-state index < -0.39 is 5.97 Å². The Morgan fingerprint density at radius 3 is 2.56 bits per heavy atom. The number of carboxylic acid groups (broad SMARTS) is 1. The molecule has 4 rings (SSSR count). The Morgan fingerprint density at radius 2 is 1.88 bits per heavy atom. The van der Waals surface area contributed by atoms with Gasteiger partial charge in [0.25, 0.3) is 0 Å². The number of ether oxygens (including phenoxy) is 1. The van der Waals surface area contributed by atoms with Crippen molar-refractivity contribution in [1.29, 1.82) is 0 Å². The largest absolute Gasteiger partial charge is 0.489 e. The van der Waals surface area contributed by atoms with Crippen molar-refractivity contribution in [3.05, 3.63) is 89.7 Å². The number of aryl methyl sites for hydroxylation is 1. The first-order valence-corrected chi connectivity index (χ1v) is 10.4. The van der Waals surface area contributed by atoms with Gasteiger partial charge in [-0.2, -0.15) is 0 Å². The molecular formula is C27H24N2O3. The number of carbonyl (C=O) groups is 1. The molecule has 0 bridgehead atoms. The molecule has 0 fully saturated rings. The SMILES string of the molecule is CC#CC(CC(=O)O)c1ccc(OCc2ccn3cc(-c4ccc(C)cc4)nc3c2)cc1. The van der Waals surface area contributed by atoms with Crippen molar-refractivity contribution >= 4 is 11.6 Å². The topological polar surface area (TPSA) is 63.8 Å². The predicted molar refractivity (Wildman–Crippen MR) is 125 cm³/mol. The average molecular weight is 425 g/mol. The van der Waals surface area contributed by atoms with Gasteiger partial charge in [0.15, 0.2) is 0 Å². The second kappa shape index (κ2) is 9.40. The minimum atomic E-state index is -0.863. The molecule has 1 atom stereocenters. The predicted octanol–water partition coefficient (Wildman–Crippen LogP) is 5.47. The normalized spacial score (nSPS) is 11.6.